The van der Waals surface area contributed by atoms with E-state index in [1.807, 2.05) is 42.3 Å². The van der Waals surface area contributed by atoms with Crippen LogP contribution in [0, 0.1) is 13.8 Å². The molecule has 1 amide bonds. The first-order chi connectivity index (χ1) is 13.1. The van der Waals surface area contributed by atoms with E-state index in [1.165, 1.54) is 24.1 Å². The number of hydrogen-bond donors (Lipinski definition) is 1. The number of anilines is 2. The van der Waals surface area contributed by atoms with Crippen LogP contribution in [-0.2, 0) is 0 Å². The zero-order valence-corrected chi connectivity index (χ0v) is 16.4. The first kappa shape index (κ1) is 17.7. The van der Waals surface area contributed by atoms with Gasteiger partial charge in [-0.25, -0.2) is 0 Å². The Morgan fingerprint density at radius 2 is 1.81 bits per heavy atom. The lowest BCUT2D eigenvalue weighted by Gasteiger charge is -2.25. The van der Waals surface area contributed by atoms with E-state index in [4.69, 9.17) is 0 Å². The molecule has 1 fully saturated rings. The lowest BCUT2D eigenvalue weighted by atomic mass is 9.99. The number of nitrogens with one attached hydrogen (secondary N) is 1. The predicted octanol–water partition coefficient (Wildman–Crippen LogP) is 5.05. The van der Waals surface area contributed by atoms with Gasteiger partial charge in [-0.1, -0.05) is 18.2 Å². The van der Waals surface area contributed by atoms with Gasteiger partial charge in [-0.15, -0.1) is 0 Å². The van der Waals surface area contributed by atoms with Crippen LogP contribution in [0.5, 0.6) is 0 Å². The number of carbonyl (C=O) groups excluding carboxylic acids is 1. The number of nitrogens with zero attached hydrogens (tertiary/aromatic N) is 2. The number of aromatic amines is 1. The zero-order valence-electron chi connectivity index (χ0n) is 16.4. The molecule has 140 valence electrons. The van der Waals surface area contributed by atoms with Gasteiger partial charge < -0.3 is 14.8 Å². The normalized spacial score (nSPS) is 14.1. The van der Waals surface area contributed by atoms with Gasteiger partial charge in [0.15, 0.2) is 0 Å². The largest absolute Gasteiger partial charge is 0.371 e. The fourth-order valence-corrected chi connectivity index (χ4v) is 4.19. The Kier molecular flexibility index (Phi) is 4.65. The van der Waals surface area contributed by atoms with E-state index in [1.54, 1.807) is 0 Å². The number of amides is 1. The number of para-hydroxylation sites is 1. The van der Waals surface area contributed by atoms with Gasteiger partial charge in [0.2, 0.25) is 0 Å². The zero-order chi connectivity index (χ0) is 19.0. The van der Waals surface area contributed by atoms with Crippen LogP contribution in [-0.4, -0.2) is 30.5 Å². The minimum absolute atomic E-state index is 0.0656. The van der Waals surface area contributed by atoms with E-state index in [2.05, 4.69) is 35.9 Å². The first-order valence-electron chi connectivity index (χ1n) is 9.85. The maximum atomic E-state index is 13.4. The van der Waals surface area contributed by atoms with Crippen molar-refractivity contribution in [3.63, 3.8) is 0 Å². The van der Waals surface area contributed by atoms with Gasteiger partial charge in [-0.2, -0.15) is 0 Å². The second kappa shape index (κ2) is 7.10. The smallest absolute Gasteiger partial charge is 0.258 e. The van der Waals surface area contributed by atoms with Crippen LogP contribution >= 0.6 is 0 Å². The molecular weight excluding hydrogens is 334 g/mol. The number of carbonyl (C=O) groups is 1. The van der Waals surface area contributed by atoms with Crippen LogP contribution in [0.1, 0.15) is 41.3 Å². The summed E-state index contributed by atoms with van der Waals surface area (Å²) >= 11 is 0. The topological polar surface area (TPSA) is 39.3 Å². The van der Waals surface area contributed by atoms with Crippen molar-refractivity contribution in [2.24, 2.45) is 0 Å². The summed E-state index contributed by atoms with van der Waals surface area (Å²) in [7, 11) is 0. The molecular formula is C23H27N3O. The van der Waals surface area contributed by atoms with Crippen LogP contribution in [0.2, 0.25) is 0 Å². The lowest BCUT2D eigenvalue weighted by Crippen LogP contribution is -2.31. The highest BCUT2D eigenvalue weighted by Crippen LogP contribution is 2.31. The van der Waals surface area contributed by atoms with E-state index >= 15 is 0 Å². The minimum Gasteiger partial charge on any atom is -0.371 e. The van der Waals surface area contributed by atoms with E-state index in [0.29, 0.717) is 6.54 Å². The van der Waals surface area contributed by atoms with Gasteiger partial charge in [0, 0.05) is 48.0 Å². The highest BCUT2D eigenvalue weighted by Gasteiger charge is 2.23. The van der Waals surface area contributed by atoms with Crippen molar-refractivity contribution in [3.8, 4) is 0 Å². The maximum absolute atomic E-state index is 13.4. The molecule has 2 aromatic carbocycles. The standard InChI is InChI=1S/C23H27N3O/c1-4-26(22-15-24-20-10-6-5-9-19(20)22)23(27)18-11-12-21(17(3)16(18)2)25-13-7-8-14-25/h5-6,9-12,15,24H,4,7-8,13-14H2,1-3H3. The van der Waals surface area contributed by atoms with Gasteiger partial charge in [0.25, 0.3) is 5.91 Å². The summed E-state index contributed by atoms with van der Waals surface area (Å²) in [5, 5.41) is 1.08. The molecule has 3 aromatic rings. The third-order valence-corrected chi connectivity index (χ3v) is 5.86. The molecule has 2 heterocycles. The van der Waals surface area contributed by atoms with E-state index in [0.717, 1.165) is 40.8 Å². The third kappa shape index (κ3) is 2.99. The van der Waals surface area contributed by atoms with Crippen LogP contribution in [0.4, 0.5) is 11.4 Å². The van der Waals surface area contributed by atoms with Crippen LogP contribution in [0.3, 0.4) is 0 Å². The van der Waals surface area contributed by atoms with Crippen molar-refractivity contribution < 1.29 is 4.79 Å². The third-order valence-electron chi connectivity index (χ3n) is 5.86. The molecule has 4 heteroatoms. The average Bonchev–Trinajstić information content (AvgIpc) is 3.35. The number of rotatable bonds is 4. The van der Waals surface area contributed by atoms with Crippen molar-refractivity contribution in [2.45, 2.75) is 33.6 Å². The summed E-state index contributed by atoms with van der Waals surface area (Å²) in [5.74, 6) is 0.0656. The summed E-state index contributed by atoms with van der Waals surface area (Å²) in [6.07, 6.45) is 4.44. The summed E-state index contributed by atoms with van der Waals surface area (Å²) in [6.45, 7) is 9.11. The van der Waals surface area contributed by atoms with Crippen molar-refractivity contribution in [3.05, 3.63) is 59.3 Å². The summed E-state index contributed by atoms with van der Waals surface area (Å²) in [5.41, 5.74) is 6.37. The van der Waals surface area contributed by atoms with Gasteiger partial charge in [-0.3, -0.25) is 4.79 Å². The Balaban J connectivity index is 1.71. The maximum Gasteiger partial charge on any atom is 0.258 e. The fraction of sp³-hybridized carbons (Fsp3) is 0.348. The first-order valence-corrected chi connectivity index (χ1v) is 9.85. The van der Waals surface area contributed by atoms with Gasteiger partial charge in [0.1, 0.15) is 0 Å². The molecule has 0 radical (unpaired) electrons. The molecule has 4 rings (SSSR count). The molecule has 27 heavy (non-hydrogen) atoms. The molecule has 1 aliphatic heterocycles. The number of aromatic nitrogens is 1. The lowest BCUT2D eigenvalue weighted by molar-refractivity contribution is 0.0988. The van der Waals surface area contributed by atoms with E-state index in [9.17, 15) is 4.79 Å². The number of benzene rings is 2. The van der Waals surface area contributed by atoms with Crippen LogP contribution in [0.25, 0.3) is 10.9 Å². The van der Waals surface area contributed by atoms with E-state index < -0.39 is 0 Å². The summed E-state index contributed by atoms with van der Waals surface area (Å²) in [6, 6.07) is 12.3. The van der Waals surface area contributed by atoms with Crippen molar-refractivity contribution in [1.29, 1.82) is 0 Å². The SMILES string of the molecule is CCN(C(=O)c1ccc(N2CCCC2)c(C)c1C)c1c[nH]c2ccccc12. The molecule has 0 unspecified atom stereocenters. The summed E-state index contributed by atoms with van der Waals surface area (Å²) < 4.78 is 0. The Morgan fingerprint density at radius 1 is 1.07 bits per heavy atom. The molecule has 1 saturated heterocycles. The van der Waals surface area contributed by atoms with Crippen LogP contribution < -0.4 is 9.80 Å². The van der Waals surface area contributed by atoms with E-state index in [-0.39, 0.29) is 5.91 Å². The molecule has 0 atom stereocenters. The predicted molar refractivity (Wildman–Crippen MR) is 113 cm³/mol. The average molecular weight is 361 g/mol. The number of fused-ring (bicyclic) bond motifs is 1. The quantitative estimate of drug-likeness (QED) is 0.706. The van der Waals surface area contributed by atoms with Gasteiger partial charge in [-0.05, 0) is 62.9 Å². The molecule has 1 N–H and O–H groups in total. The fourth-order valence-electron chi connectivity index (χ4n) is 4.19. The molecule has 0 saturated carbocycles. The molecule has 4 nitrogen and oxygen atoms in total. The molecule has 1 aromatic heterocycles. The molecule has 1 aliphatic rings. The Morgan fingerprint density at radius 3 is 2.56 bits per heavy atom. The monoisotopic (exact) mass is 361 g/mol. The molecule has 0 aliphatic carbocycles. The second-order valence-corrected chi connectivity index (χ2v) is 7.35. The number of H-pyrrole nitrogens is 1. The Bertz CT molecular complexity index is 982. The van der Waals surface area contributed by atoms with Crippen LogP contribution in [0.15, 0.2) is 42.6 Å². The molecule has 0 bridgehead atoms. The van der Waals surface area contributed by atoms with Crippen molar-refractivity contribution in [1.82, 2.24) is 4.98 Å². The highest BCUT2D eigenvalue weighted by atomic mass is 16.2. The van der Waals surface area contributed by atoms with Crippen molar-refractivity contribution in [2.75, 3.05) is 29.4 Å². The molecule has 0 spiro atoms. The van der Waals surface area contributed by atoms with Gasteiger partial charge in [0.05, 0.1) is 5.69 Å². The van der Waals surface area contributed by atoms with Crippen molar-refractivity contribution >= 4 is 28.2 Å². The van der Waals surface area contributed by atoms with Gasteiger partial charge >= 0.3 is 0 Å². The second-order valence-electron chi connectivity index (χ2n) is 7.35. The summed E-state index contributed by atoms with van der Waals surface area (Å²) in [4.78, 5) is 21.0. The number of hydrogen-bond acceptors (Lipinski definition) is 2. The Labute approximate surface area is 160 Å². The Hall–Kier alpha value is -2.75. The minimum atomic E-state index is 0.0656. The highest BCUT2D eigenvalue weighted by molar-refractivity contribution is 6.11.